The number of rotatable bonds is 6. The van der Waals surface area contributed by atoms with Crippen molar-refractivity contribution in [1.82, 2.24) is 19.5 Å². The normalized spacial score (nSPS) is 10.7. The van der Waals surface area contributed by atoms with Crippen LogP contribution >= 0.6 is 0 Å². The van der Waals surface area contributed by atoms with E-state index in [1.807, 2.05) is 26.0 Å². The second-order valence-corrected chi connectivity index (χ2v) is 6.35. The summed E-state index contributed by atoms with van der Waals surface area (Å²) in [5.41, 5.74) is 1.70. The zero-order valence-corrected chi connectivity index (χ0v) is 18.3. The monoisotopic (exact) mass is 409 g/mol. The van der Waals surface area contributed by atoms with Crippen molar-refractivity contribution in [1.29, 1.82) is 0 Å². The summed E-state index contributed by atoms with van der Waals surface area (Å²) in [5.74, 6) is -1.64. The molecule has 1 aromatic rings. The Balaban J connectivity index is 0.00000300. The summed E-state index contributed by atoms with van der Waals surface area (Å²) in [4.78, 5) is 56.3. The fourth-order valence-electron chi connectivity index (χ4n) is 2.81. The van der Waals surface area contributed by atoms with Gasteiger partial charge in [0.25, 0.3) is 5.56 Å². The van der Waals surface area contributed by atoms with Crippen LogP contribution in [0.15, 0.2) is 21.7 Å². The third kappa shape index (κ3) is 5.08. The summed E-state index contributed by atoms with van der Waals surface area (Å²) >= 11 is 0. The minimum absolute atomic E-state index is 0. The molecule has 2 aliphatic heterocycles. The molecule has 0 unspecified atom stereocenters. The fraction of sp³-hybridized carbons (Fsp3) is 0.333. The van der Waals surface area contributed by atoms with Gasteiger partial charge < -0.3 is 14.4 Å². The molecule has 0 fully saturated rings. The molecule has 1 aromatic carbocycles. The summed E-state index contributed by atoms with van der Waals surface area (Å²) < 4.78 is 6.68. The molecule has 0 aliphatic carbocycles. The van der Waals surface area contributed by atoms with Crippen LogP contribution in [0, 0.1) is 13.8 Å². The predicted molar refractivity (Wildman–Crippen MR) is 98.3 cm³/mol. The van der Waals surface area contributed by atoms with Crippen LogP contribution in [-0.4, -0.2) is 43.2 Å². The summed E-state index contributed by atoms with van der Waals surface area (Å²) in [5, 5.41) is 8.61. The Kier molecular flexibility index (Phi) is 7.28. The van der Waals surface area contributed by atoms with E-state index in [-0.39, 0.29) is 67.1 Å². The number of carbonyl (C=O) groups is 2. The largest absolute Gasteiger partial charge is 1.00 e. The van der Waals surface area contributed by atoms with Gasteiger partial charge in [-0.15, -0.1) is 0 Å². The van der Waals surface area contributed by atoms with Gasteiger partial charge in [-0.2, -0.15) is 4.98 Å². The maximum Gasteiger partial charge on any atom is 1.00 e. The smallest absolute Gasteiger partial charge is 0.481 e. The molecule has 0 atom stereocenters. The van der Waals surface area contributed by atoms with Gasteiger partial charge in [-0.05, 0) is 37.1 Å². The molecule has 29 heavy (non-hydrogen) atoms. The van der Waals surface area contributed by atoms with Crippen LogP contribution in [-0.2, 0) is 20.9 Å². The van der Waals surface area contributed by atoms with Crippen molar-refractivity contribution in [3.8, 4) is 11.5 Å². The van der Waals surface area contributed by atoms with Crippen LogP contribution in [0.25, 0.3) is 22.6 Å². The molecule has 0 saturated heterocycles. The minimum atomic E-state index is -1.09. The number of hydrogen-bond donors (Lipinski definition) is 2. The number of carboxylic acid groups (broad SMARTS) is 1. The maximum atomic E-state index is 12.2. The van der Waals surface area contributed by atoms with E-state index < -0.39 is 23.2 Å². The summed E-state index contributed by atoms with van der Waals surface area (Å²) in [7, 11) is 0. The van der Waals surface area contributed by atoms with E-state index in [9.17, 15) is 19.2 Å². The zero-order valence-electron chi connectivity index (χ0n) is 16.3. The van der Waals surface area contributed by atoms with Gasteiger partial charge in [-0.1, -0.05) is 0 Å². The van der Waals surface area contributed by atoms with Gasteiger partial charge in [0, 0.05) is 0 Å². The molecule has 10 nitrogen and oxygen atoms in total. The Labute approximate surface area is 186 Å². The summed E-state index contributed by atoms with van der Waals surface area (Å²) in [6.07, 6.45) is -0.555. The minimum Gasteiger partial charge on any atom is -0.481 e. The number of H-pyrrole nitrogens is 1. The van der Waals surface area contributed by atoms with E-state index in [2.05, 4.69) is 15.0 Å². The quantitative estimate of drug-likeness (QED) is 0.261. The van der Waals surface area contributed by atoms with E-state index in [0.717, 1.165) is 11.1 Å². The number of aromatic amines is 1. The van der Waals surface area contributed by atoms with Gasteiger partial charge in [0.2, 0.25) is 0 Å². The summed E-state index contributed by atoms with van der Waals surface area (Å²) in [6, 6.07) is 3.68. The van der Waals surface area contributed by atoms with Crippen LogP contribution in [0.2, 0.25) is 0 Å². The van der Waals surface area contributed by atoms with Gasteiger partial charge >= 0.3 is 47.2 Å². The molecule has 0 spiro atoms. The van der Waals surface area contributed by atoms with Crippen molar-refractivity contribution in [3.63, 3.8) is 0 Å². The first-order valence-electron chi connectivity index (χ1n) is 8.55. The second-order valence-electron chi connectivity index (χ2n) is 6.35. The molecule has 2 aliphatic rings. The average Bonchev–Trinajstić information content (AvgIpc) is 2.61. The molecule has 0 bridgehead atoms. The number of benzene rings is 1. The zero-order chi connectivity index (χ0) is 20.4. The van der Waals surface area contributed by atoms with Crippen molar-refractivity contribution in [2.45, 2.75) is 33.2 Å². The topological polar surface area (TPSA) is 144 Å². The van der Waals surface area contributed by atoms with Crippen molar-refractivity contribution in [2.75, 3.05) is 6.61 Å². The SMILES string of the molecule is Cc1cc2nc3c(=O)[nH]c(=O)nc-3n(CCOC(=O)CCC(=O)O)c2cc1C.[Na+]. The predicted octanol–water partition coefficient (Wildman–Crippen LogP) is -2.39. The Bertz CT molecular complexity index is 1170. The van der Waals surface area contributed by atoms with E-state index in [4.69, 9.17) is 9.84 Å². The fourth-order valence-corrected chi connectivity index (χ4v) is 2.81. The van der Waals surface area contributed by atoms with Crippen LogP contribution in [0.4, 0.5) is 0 Å². The number of carbonyl (C=O) groups excluding carboxylic acids is 1. The number of carboxylic acids is 1. The average molecular weight is 409 g/mol. The molecular weight excluding hydrogens is 391 g/mol. The van der Waals surface area contributed by atoms with Gasteiger partial charge in [-0.25, -0.2) is 9.78 Å². The van der Waals surface area contributed by atoms with E-state index in [1.54, 1.807) is 4.57 Å². The first-order chi connectivity index (χ1) is 13.3. The number of aromatic nitrogens is 4. The van der Waals surface area contributed by atoms with Crippen LogP contribution < -0.4 is 40.8 Å². The molecular formula is C18H18N4NaO6+. The molecule has 2 N–H and O–H groups in total. The van der Waals surface area contributed by atoms with Crippen LogP contribution in [0.5, 0.6) is 0 Å². The summed E-state index contributed by atoms with van der Waals surface area (Å²) in [6.45, 7) is 3.87. The van der Waals surface area contributed by atoms with Crippen LogP contribution in [0.3, 0.4) is 0 Å². The first kappa shape index (κ1) is 22.7. The first-order valence-corrected chi connectivity index (χ1v) is 8.55. The molecule has 0 radical (unpaired) electrons. The third-order valence-corrected chi connectivity index (χ3v) is 4.35. The van der Waals surface area contributed by atoms with E-state index in [1.165, 1.54) is 0 Å². The molecule has 2 heterocycles. The Morgan fingerprint density at radius 3 is 2.52 bits per heavy atom. The molecule has 0 saturated carbocycles. The number of esters is 1. The second kappa shape index (κ2) is 9.29. The Hall–Kier alpha value is -2.56. The van der Waals surface area contributed by atoms with E-state index >= 15 is 0 Å². The number of fused-ring (bicyclic) bond motifs is 2. The standard InChI is InChI=1S/C18H18N4O6.Na/c1-9-7-11-12(8-10(9)2)22(5-6-28-14(25)4-3-13(23)24)16-15(19-11)17(26)21-18(27)20-16;/h7-8H,3-6H2,1-2H3,(H,23,24)(H,21,26,27);/q;+1. The number of hydrogen-bond acceptors (Lipinski definition) is 7. The molecule has 0 aromatic heterocycles. The van der Waals surface area contributed by atoms with E-state index in [0.29, 0.717) is 11.0 Å². The van der Waals surface area contributed by atoms with Gasteiger partial charge in [0.15, 0.2) is 11.5 Å². The van der Waals surface area contributed by atoms with Crippen molar-refractivity contribution in [3.05, 3.63) is 44.1 Å². The van der Waals surface area contributed by atoms with Crippen molar-refractivity contribution < 1.29 is 49.0 Å². The Morgan fingerprint density at radius 2 is 1.83 bits per heavy atom. The number of ether oxygens (including phenoxy) is 1. The number of aryl methyl sites for hydroxylation is 2. The maximum absolute atomic E-state index is 12.2. The van der Waals surface area contributed by atoms with Gasteiger partial charge in [0.05, 0.1) is 30.4 Å². The van der Waals surface area contributed by atoms with Gasteiger partial charge in [-0.3, -0.25) is 19.4 Å². The van der Waals surface area contributed by atoms with Gasteiger partial charge in [0.1, 0.15) is 6.61 Å². The Morgan fingerprint density at radius 1 is 1.14 bits per heavy atom. The molecule has 146 valence electrons. The van der Waals surface area contributed by atoms with Crippen molar-refractivity contribution >= 4 is 23.0 Å². The number of aliphatic carboxylic acids is 1. The van der Waals surface area contributed by atoms with Crippen molar-refractivity contribution in [2.24, 2.45) is 0 Å². The molecule has 0 amide bonds. The third-order valence-electron chi connectivity index (χ3n) is 4.35. The molecule has 11 heteroatoms. The molecule has 3 rings (SSSR count). The van der Waals surface area contributed by atoms with Crippen LogP contribution in [0.1, 0.15) is 24.0 Å². The number of nitrogens with one attached hydrogen (secondary N) is 1. The number of nitrogens with zero attached hydrogens (tertiary/aromatic N) is 3.